The average Bonchev–Trinajstić information content (AvgIpc) is 2.15. The number of carbonyl (C=O) groups excluding carboxylic acids is 1. The second-order valence-electron chi connectivity index (χ2n) is 1.72. The molecule has 50 valence electrons. The summed E-state index contributed by atoms with van der Waals surface area (Å²) in [5, 5.41) is 2.43. The maximum Gasteiger partial charge on any atom is 0.291 e. The van der Waals surface area contributed by atoms with Crippen molar-refractivity contribution in [1.29, 1.82) is 0 Å². The first-order valence-corrected chi connectivity index (χ1v) is 2.74. The molecule has 0 atom stereocenters. The highest BCUT2D eigenvalue weighted by molar-refractivity contribution is 5.93. The van der Waals surface area contributed by atoms with Crippen molar-refractivity contribution in [3.8, 4) is 0 Å². The van der Waals surface area contributed by atoms with Gasteiger partial charge in [0.2, 0.25) is 5.91 Å². The van der Waals surface area contributed by atoms with E-state index in [1.165, 1.54) is 6.92 Å². The Morgan fingerprint density at radius 2 is 2.67 bits per heavy atom. The Hall–Kier alpha value is -1.06. The zero-order chi connectivity index (χ0) is 6.69. The summed E-state index contributed by atoms with van der Waals surface area (Å²) in [5.41, 5.74) is 0. The first kappa shape index (κ1) is 6.07. The van der Waals surface area contributed by atoms with Crippen molar-refractivity contribution in [3.05, 3.63) is 0 Å². The van der Waals surface area contributed by atoms with Gasteiger partial charge in [0.1, 0.15) is 6.61 Å². The van der Waals surface area contributed by atoms with Gasteiger partial charge in [-0.15, -0.1) is 0 Å². The number of aliphatic imine (C=N–C) groups is 1. The van der Waals surface area contributed by atoms with E-state index < -0.39 is 0 Å². The smallest absolute Gasteiger partial charge is 0.291 e. The molecule has 4 nitrogen and oxygen atoms in total. The molecule has 0 fully saturated rings. The van der Waals surface area contributed by atoms with E-state index in [0.29, 0.717) is 19.2 Å². The fourth-order valence-electron chi connectivity index (χ4n) is 0.561. The van der Waals surface area contributed by atoms with Crippen LogP contribution in [0.4, 0.5) is 0 Å². The van der Waals surface area contributed by atoms with E-state index in [1.54, 1.807) is 0 Å². The number of ether oxygens (including phenoxy) is 1. The number of hydrogen-bond acceptors (Lipinski definition) is 3. The Morgan fingerprint density at radius 3 is 3.11 bits per heavy atom. The standard InChI is InChI=1S/C5H8N2O2/c1-4(8)7-5-6-2-3-9-5/h2-3H2,1H3,(H,6,7,8). The van der Waals surface area contributed by atoms with Gasteiger partial charge in [0, 0.05) is 6.92 Å². The molecule has 1 rings (SSSR count). The molecule has 0 aliphatic carbocycles. The van der Waals surface area contributed by atoms with Gasteiger partial charge in [-0.25, -0.2) is 4.99 Å². The molecule has 0 saturated carbocycles. The van der Waals surface area contributed by atoms with E-state index >= 15 is 0 Å². The molecule has 4 heteroatoms. The summed E-state index contributed by atoms with van der Waals surface area (Å²) < 4.78 is 4.88. The minimum Gasteiger partial charge on any atom is -0.463 e. The second-order valence-corrected chi connectivity index (χ2v) is 1.72. The van der Waals surface area contributed by atoms with Gasteiger partial charge in [-0.05, 0) is 0 Å². The quantitative estimate of drug-likeness (QED) is 0.478. The number of rotatable bonds is 0. The largest absolute Gasteiger partial charge is 0.463 e. The van der Waals surface area contributed by atoms with Crippen molar-refractivity contribution in [2.75, 3.05) is 13.2 Å². The van der Waals surface area contributed by atoms with Crippen molar-refractivity contribution in [2.24, 2.45) is 4.99 Å². The SMILES string of the molecule is CC(=O)NC1=NCCO1. The monoisotopic (exact) mass is 128 g/mol. The molecule has 1 heterocycles. The van der Waals surface area contributed by atoms with Gasteiger partial charge in [0.15, 0.2) is 0 Å². The third-order valence-corrected chi connectivity index (χ3v) is 0.868. The van der Waals surface area contributed by atoms with Crippen molar-refractivity contribution in [3.63, 3.8) is 0 Å². The van der Waals surface area contributed by atoms with Crippen LogP contribution in [-0.4, -0.2) is 25.1 Å². The van der Waals surface area contributed by atoms with Crippen LogP contribution in [0.15, 0.2) is 4.99 Å². The molecule has 0 aromatic carbocycles. The minimum atomic E-state index is -0.143. The highest BCUT2D eigenvalue weighted by Crippen LogP contribution is 1.89. The zero-order valence-electron chi connectivity index (χ0n) is 5.18. The van der Waals surface area contributed by atoms with Crippen molar-refractivity contribution < 1.29 is 9.53 Å². The van der Waals surface area contributed by atoms with Crippen LogP contribution in [0.25, 0.3) is 0 Å². The van der Waals surface area contributed by atoms with E-state index in [4.69, 9.17) is 4.74 Å². The lowest BCUT2D eigenvalue weighted by atomic mass is 10.7. The Kier molecular flexibility index (Phi) is 1.67. The molecule has 1 amide bonds. The maximum atomic E-state index is 10.3. The van der Waals surface area contributed by atoms with Gasteiger partial charge in [0.25, 0.3) is 6.02 Å². The molecule has 0 spiro atoms. The topological polar surface area (TPSA) is 50.7 Å². The van der Waals surface area contributed by atoms with Crippen LogP contribution in [-0.2, 0) is 9.53 Å². The van der Waals surface area contributed by atoms with Gasteiger partial charge in [-0.3, -0.25) is 10.1 Å². The number of nitrogens with zero attached hydrogens (tertiary/aromatic N) is 1. The van der Waals surface area contributed by atoms with Gasteiger partial charge < -0.3 is 4.74 Å². The average molecular weight is 128 g/mol. The van der Waals surface area contributed by atoms with Gasteiger partial charge in [-0.1, -0.05) is 0 Å². The highest BCUT2D eigenvalue weighted by Gasteiger charge is 2.06. The Morgan fingerprint density at radius 1 is 1.89 bits per heavy atom. The number of carbonyl (C=O) groups is 1. The van der Waals surface area contributed by atoms with E-state index in [1.807, 2.05) is 0 Å². The van der Waals surface area contributed by atoms with Gasteiger partial charge in [0.05, 0.1) is 6.54 Å². The number of amides is 1. The third-order valence-electron chi connectivity index (χ3n) is 0.868. The lowest BCUT2D eigenvalue weighted by Gasteiger charge is -1.98. The molecule has 1 aliphatic heterocycles. The fourth-order valence-corrected chi connectivity index (χ4v) is 0.561. The lowest BCUT2D eigenvalue weighted by Crippen LogP contribution is -2.27. The van der Waals surface area contributed by atoms with Crippen LogP contribution in [0, 0.1) is 0 Å². The molecule has 0 aromatic rings. The predicted octanol–water partition coefficient (Wildman–Crippen LogP) is -0.491. The predicted molar refractivity (Wildman–Crippen MR) is 32.1 cm³/mol. The first-order valence-electron chi connectivity index (χ1n) is 2.74. The van der Waals surface area contributed by atoms with Crippen LogP contribution in [0.3, 0.4) is 0 Å². The van der Waals surface area contributed by atoms with Crippen LogP contribution in [0.2, 0.25) is 0 Å². The summed E-state index contributed by atoms with van der Waals surface area (Å²) in [7, 11) is 0. The molecular weight excluding hydrogens is 120 g/mol. The number of nitrogens with one attached hydrogen (secondary N) is 1. The molecule has 9 heavy (non-hydrogen) atoms. The Labute approximate surface area is 52.9 Å². The molecule has 0 radical (unpaired) electrons. The molecule has 0 unspecified atom stereocenters. The van der Waals surface area contributed by atoms with E-state index in [2.05, 4.69) is 10.3 Å². The summed E-state index contributed by atoms with van der Waals surface area (Å²) in [5.74, 6) is -0.143. The van der Waals surface area contributed by atoms with Crippen molar-refractivity contribution in [2.45, 2.75) is 6.92 Å². The molecule has 0 aromatic heterocycles. The summed E-state index contributed by atoms with van der Waals surface area (Å²) in [4.78, 5) is 14.2. The van der Waals surface area contributed by atoms with Crippen molar-refractivity contribution >= 4 is 11.9 Å². The molecule has 0 bridgehead atoms. The van der Waals surface area contributed by atoms with Crippen LogP contribution < -0.4 is 5.32 Å². The van der Waals surface area contributed by atoms with Crippen molar-refractivity contribution in [1.82, 2.24) is 5.32 Å². The van der Waals surface area contributed by atoms with E-state index in [0.717, 1.165) is 0 Å². The molecule has 0 saturated heterocycles. The van der Waals surface area contributed by atoms with Crippen LogP contribution >= 0.6 is 0 Å². The second kappa shape index (κ2) is 2.48. The third kappa shape index (κ3) is 1.71. The normalized spacial score (nSPS) is 16.3. The molecule has 1 N–H and O–H groups in total. The lowest BCUT2D eigenvalue weighted by molar-refractivity contribution is -0.117. The minimum absolute atomic E-state index is 0.143. The summed E-state index contributed by atoms with van der Waals surface area (Å²) in [6.45, 7) is 2.65. The highest BCUT2D eigenvalue weighted by atomic mass is 16.5. The number of amidine groups is 1. The van der Waals surface area contributed by atoms with Gasteiger partial charge in [-0.2, -0.15) is 0 Å². The van der Waals surface area contributed by atoms with Crippen LogP contribution in [0.5, 0.6) is 0 Å². The fraction of sp³-hybridized carbons (Fsp3) is 0.600. The first-order chi connectivity index (χ1) is 4.29. The van der Waals surface area contributed by atoms with E-state index in [9.17, 15) is 4.79 Å². The molecular formula is C5H8N2O2. The zero-order valence-corrected chi connectivity index (χ0v) is 5.18. The summed E-state index contributed by atoms with van der Waals surface area (Å²) >= 11 is 0. The summed E-state index contributed by atoms with van der Waals surface area (Å²) in [6.07, 6.45) is 0. The van der Waals surface area contributed by atoms with E-state index in [-0.39, 0.29) is 5.91 Å². The maximum absolute atomic E-state index is 10.3. The Bertz CT molecular complexity index is 153. The number of hydrogen-bond donors (Lipinski definition) is 1. The summed E-state index contributed by atoms with van der Waals surface area (Å²) in [6, 6.07) is 0.350. The molecule has 1 aliphatic rings. The van der Waals surface area contributed by atoms with Crippen LogP contribution in [0.1, 0.15) is 6.92 Å². The van der Waals surface area contributed by atoms with Gasteiger partial charge >= 0.3 is 0 Å². The Balaban J connectivity index is 2.35.